The van der Waals surface area contributed by atoms with Gasteiger partial charge < -0.3 is 20.3 Å². The molecule has 0 atom stereocenters. The van der Waals surface area contributed by atoms with Crippen LogP contribution in [0.5, 0.6) is 5.75 Å². The molecule has 1 aliphatic rings. The zero-order valence-electron chi connectivity index (χ0n) is 20.4. The summed E-state index contributed by atoms with van der Waals surface area (Å²) in [5.74, 6) is -2.62. The number of likely N-dealkylation sites (N-methyl/N-ethyl adjacent to an activating group) is 1. The van der Waals surface area contributed by atoms with Crippen molar-refractivity contribution >= 4 is 17.4 Å². The highest BCUT2D eigenvalue weighted by atomic mass is 19.4. The molecule has 2 aromatic carbocycles. The third-order valence-electron chi connectivity index (χ3n) is 5.86. The maximum Gasteiger partial charge on any atom is 0.573 e. The molecule has 0 bridgehead atoms. The molecule has 3 aromatic rings. The van der Waals surface area contributed by atoms with Crippen molar-refractivity contribution in [2.24, 2.45) is 0 Å². The van der Waals surface area contributed by atoms with Crippen molar-refractivity contribution in [2.75, 3.05) is 56.9 Å². The molecule has 1 aromatic heterocycles. The lowest BCUT2D eigenvalue weighted by Crippen LogP contribution is -2.45. The molecular formula is C25H25F5N6O2. The van der Waals surface area contributed by atoms with Crippen molar-refractivity contribution in [3.8, 4) is 17.0 Å². The molecule has 0 spiro atoms. The van der Waals surface area contributed by atoms with Crippen molar-refractivity contribution < 1.29 is 31.5 Å². The molecule has 0 saturated carbocycles. The summed E-state index contributed by atoms with van der Waals surface area (Å²) in [6, 6.07) is 6.43. The fraction of sp³-hybridized carbons (Fsp3) is 0.320. The summed E-state index contributed by atoms with van der Waals surface area (Å²) in [4.78, 5) is 25.3. The smallest absolute Gasteiger partial charge is 0.404 e. The molecular weight excluding hydrogens is 511 g/mol. The molecule has 2 N–H and O–H groups in total. The van der Waals surface area contributed by atoms with Crippen LogP contribution in [0.25, 0.3) is 11.3 Å². The summed E-state index contributed by atoms with van der Waals surface area (Å²) >= 11 is 0. The number of aromatic nitrogens is 2. The average molecular weight is 537 g/mol. The third kappa shape index (κ3) is 7.59. The van der Waals surface area contributed by atoms with E-state index in [9.17, 15) is 26.7 Å². The van der Waals surface area contributed by atoms with Crippen LogP contribution in [0.4, 0.5) is 33.5 Å². The van der Waals surface area contributed by atoms with E-state index in [-0.39, 0.29) is 28.3 Å². The van der Waals surface area contributed by atoms with E-state index >= 15 is 0 Å². The number of carbonyl (C=O) groups excluding carboxylic acids is 1. The van der Waals surface area contributed by atoms with Crippen LogP contribution in [0.2, 0.25) is 0 Å². The lowest BCUT2D eigenvalue weighted by Gasteiger charge is -2.32. The van der Waals surface area contributed by atoms with Gasteiger partial charge in [0.05, 0.1) is 23.8 Å². The number of alkyl halides is 3. The van der Waals surface area contributed by atoms with E-state index < -0.39 is 29.7 Å². The van der Waals surface area contributed by atoms with Gasteiger partial charge in [0.15, 0.2) is 11.6 Å². The van der Waals surface area contributed by atoms with Crippen LogP contribution >= 0.6 is 0 Å². The number of hydrogen-bond donors (Lipinski definition) is 2. The van der Waals surface area contributed by atoms with E-state index in [0.717, 1.165) is 50.4 Å². The largest absolute Gasteiger partial charge is 0.573 e. The molecule has 1 aliphatic heterocycles. The average Bonchev–Trinajstić information content (AvgIpc) is 2.85. The van der Waals surface area contributed by atoms with Crippen LogP contribution in [0.3, 0.4) is 0 Å². The number of halogens is 5. The van der Waals surface area contributed by atoms with Crippen LogP contribution in [0, 0.1) is 11.6 Å². The summed E-state index contributed by atoms with van der Waals surface area (Å²) < 4.78 is 69.8. The van der Waals surface area contributed by atoms with Crippen molar-refractivity contribution in [1.82, 2.24) is 19.8 Å². The summed E-state index contributed by atoms with van der Waals surface area (Å²) in [6.45, 7) is 4.45. The van der Waals surface area contributed by atoms with Gasteiger partial charge in [0.25, 0.3) is 5.91 Å². The Bertz CT molecular complexity index is 1240. The van der Waals surface area contributed by atoms with Gasteiger partial charge in [-0.3, -0.25) is 14.7 Å². The van der Waals surface area contributed by atoms with Crippen molar-refractivity contribution in [3.05, 3.63) is 66.0 Å². The van der Waals surface area contributed by atoms with E-state index in [2.05, 4.69) is 35.1 Å². The molecule has 2 heterocycles. The Morgan fingerprint density at radius 1 is 1.00 bits per heavy atom. The molecule has 1 fully saturated rings. The van der Waals surface area contributed by atoms with Crippen LogP contribution in [-0.4, -0.2) is 78.4 Å². The molecule has 4 rings (SSSR count). The first-order valence-electron chi connectivity index (χ1n) is 11.7. The van der Waals surface area contributed by atoms with Gasteiger partial charge in [-0.25, -0.2) is 13.8 Å². The van der Waals surface area contributed by atoms with E-state index in [1.807, 2.05) is 7.05 Å². The molecule has 0 unspecified atom stereocenters. The van der Waals surface area contributed by atoms with Crippen molar-refractivity contribution in [3.63, 3.8) is 0 Å². The minimum absolute atomic E-state index is 0.0127. The first-order chi connectivity index (χ1) is 18.1. The van der Waals surface area contributed by atoms with Crippen LogP contribution in [0.15, 0.2) is 48.8 Å². The Hall–Kier alpha value is -3.84. The SMILES string of the molecule is CN1CCN(CCNc2cc(C(=O)Nc3cnc(-c4cc(F)cc(F)c4)cn3)ccc2OC(F)(F)F)CC1. The summed E-state index contributed by atoms with van der Waals surface area (Å²) in [5, 5.41) is 5.44. The first-order valence-corrected chi connectivity index (χ1v) is 11.7. The number of piperazine rings is 1. The van der Waals surface area contributed by atoms with Gasteiger partial charge in [-0.05, 0) is 37.4 Å². The van der Waals surface area contributed by atoms with Gasteiger partial charge in [-0.2, -0.15) is 0 Å². The molecule has 38 heavy (non-hydrogen) atoms. The zero-order chi connectivity index (χ0) is 27.3. The van der Waals surface area contributed by atoms with Gasteiger partial charge in [-0.1, -0.05) is 0 Å². The second kappa shape index (κ2) is 11.7. The third-order valence-corrected chi connectivity index (χ3v) is 5.86. The number of nitrogens with zero attached hydrogens (tertiary/aromatic N) is 4. The van der Waals surface area contributed by atoms with Gasteiger partial charge in [0.2, 0.25) is 0 Å². The second-order valence-electron chi connectivity index (χ2n) is 8.73. The fourth-order valence-corrected chi connectivity index (χ4v) is 3.88. The Balaban J connectivity index is 1.44. The fourth-order valence-electron chi connectivity index (χ4n) is 3.88. The maximum atomic E-state index is 13.5. The highest BCUT2D eigenvalue weighted by molar-refractivity contribution is 6.04. The Labute approximate surface area is 215 Å². The van der Waals surface area contributed by atoms with Gasteiger partial charge in [0, 0.05) is 56.5 Å². The Morgan fingerprint density at radius 2 is 1.71 bits per heavy atom. The number of anilines is 2. The number of nitrogens with one attached hydrogen (secondary N) is 2. The number of benzene rings is 2. The lowest BCUT2D eigenvalue weighted by molar-refractivity contribution is -0.274. The van der Waals surface area contributed by atoms with Gasteiger partial charge in [-0.15, -0.1) is 13.2 Å². The number of ether oxygens (including phenoxy) is 1. The van der Waals surface area contributed by atoms with Crippen LogP contribution in [0.1, 0.15) is 10.4 Å². The summed E-state index contributed by atoms with van der Waals surface area (Å²) in [5.41, 5.74) is 0.417. The van der Waals surface area contributed by atoms with Crippen molar-refractivity contribution in [1.29, 1.82) is 0 Å². The number of rotatable bonds is 8. The van der Waals surface area contributed by atoms with E-state index in [4.69, 9.17) is 0 Å². The normalized spacial score (nSPS) is 14.8. The van der Waals surface area contributed by atoms with Crippen LogP contribution in [-0.2, 0) is 0 Å². The van der Waals surface area contributed by atoms with E-state index in [1.165, 1.54) is 24.5 Å². The highest BCUT2D eigenvalue weighted by Crippen LogP contribution is 2.31. The molecule has 0 radical (unpaired) electrons. The standard InChI is InChI=1S/C25H25F5N6O2/c1-35-6-8-36(9-7-35)5-4-31-20-12-16(2-3-22(20)38-25(28,29)30)24(37)34-23-15-32-21(14-33-23)17-10-18(26)13-19(27)11-17/h2-3,10-15,31H,4-9H2,1H3,(H,33,34,37). The monoisotopic (exact) mass is 536 g/mol. The summed E-state index contributed by atoms with van der Waals surface area (Å²) in [7, 11) is 2.03. The zero-order valence-corrected chi connectivity index (χ0v) is 20.4. The number of carbonyl (C=O) groups is 1. The molecule has 13 heteroatoms. The predicted octanol–water partition coefficient (Wildman–Crippen LogP) is 4.23. The van der Waals surface area contributed by atoms with E-state index in [1.54, 1.807) is 0 Å². The summed E-state index contributed by atoms with van der Waals surface area (Å²) in [6.07, 6.45) is -2.47. The molecule has 8 nitrogen and oxygen atoms in total. The molecule has 1 saturated heterocycles. The lowest BCUT2D eigenvalue weighted by atomic mass is 10.1. The minimum Gasteiger partial charge on any atom is -0.404 e. The van der Waals surface area contributed by atoms with Gasteiger partial charge >= 0.3 is 6.36 Å². The highest BCUT2D eigenvalue weighted by Gasteiger charge is 2.32. The second-order valence-corrected chi connectivity index (χ2v) is 8.73. The molecule has 0 aliphatic carbocycles. The molecule has 1 amide bonds. The molecule has 202 valence electrons. The Morgan fingerprint density at radius 3 is 2.34 bits per heavy atom. The minimum atomic E-state index is -4.90. The maximum absolute atomic E-state index is 13.5. The topological polar surface area (TPSA) is 82.6 Å². The quantitative estimate of drug-likeness (QED) is 0.417. The number of hydrogen-bond acceptors (Lipinski definition) is 7. The van der Waals surface area contributed by atoms with Crippen LogP contribution < -0.4 is 15.4 Å². The first kappa shape index (κ1) is 27.2. The van der Waals surface area contributed by atoms with Crippen molar-refractivity contribution in [2.45, 2.75) is 6.36 Å². The predicted molar refractivity (Wildman–Crippen MR) is 131 cm³/mol. The van der Waals surface area contributed by atoms with Gasteiger partial charge in [0.1, 0.15) is 11.6 Å². The Kier molecular flexibility index (Phi) is 8.37. The van der Waals surface area contributed by atoms with E-state index in [0.29, 0.717) is 13.1 Å². The number of amides is 1.